The summed E-state index contributed by atoms with van der Waals surface area (Å²) < 4.78 is 6.66. The van der Waals surface area contributed by atoms with Gasteiger partial charge in [0.25, 0.3) is 0 Å². The molecule has 6 atom stereocenters. The fourth-order valence-electron chi connectivity index (χ4n) is 6.84. The molecule has 8 nitrogen and oxygen atoms in total. The average Bonchev–Trinajstić information content (AvgIpc) is 3.44. The maximum atomic E-state index is 14.0. The maximum absolute atomic E-state index is 14.0. The molecular weight excluding hydrogens is 470 g/mol. The van der Waals surface area contributed by atoms with Crippen molar-refractivity contribution in [3.63, 3.8) is 0 Å². The second-order valence-electron chi connectivity index (χ2n) is 11.3. The van der Waals surface area contributed by atoms with Gasteiger partial charge in [-0.1, -0.05) is 56.5 Å². The number of hydrogen-bond acceptors (Lipinski definition) is 5. The van der Waals surface area contributed by atoms with Gasteiger partial charge in [-0.25, -0.2) is 0 Å². The van der Waals surface area contributed by atoms with Gasteiger partial charge in [-0.15, -0.1) is 0 Å². The molecule has 1 spiro atoms. The normalized spacial score (nSPS) is 30.9. The van der Waals surface area contributed by atoms with Crippen LogP contribution in [-0.2, 0) is 25.7 Å². The van der Waals surface area contributed by atoms with E-state index in [2.05, 4.69) is 17.6 Å². The van der Waals surface area contributed by atoms with Crippen LogP contribution in [0.5, 0.6) is 0 Å². The lowest BCUT2D eigenvalue weighted by Gasteiger charge is -2.34. The number of amides is 3. The summed E-state index contributed by atoms with van der Waals surface area (Å²) in [6, 6.07) is 8.96. The Hall–Kier alpha value is -2.45. The number of rotatable bonds is 13. The van der Waals surface area contributed by atoms with Crippen LogP contribution in [0.1, 0.15) is 77.7 Å². The molecule has 3 N–H and O–H groups in total. The zero-order valence-corrected chi connectivity index (χ0v) is 22.5. The highest BCUT2D eigenvalue weighted by atomic mass is 16.5. The Bertz CT molecular complexity index is 972. The van der Waals surface area contributed by atoms with Crippen molar-refractivity contribution in [1.82, 2.24) is 15.5 Å². The standard InChI is InChI=1S/C29H43N3O5/c1-4-12-20(2)31-26(35)24-29-16-15-28(3,37-29)22(25(34)30-19-21-13-8-7-9-14-21)23(29)27(36)32(24)17-10-5-6-11-18-33/h7-9,13-14,20,22-24,33H,4-6,10-12,15-19H2,1-3H3,(H,30,34)(H,31,35)/t20?,22-,23-,24?,28+,29?/m0/s1. The predicted molar refractivity (Wildman–Crippen MR) is 140 cm³/mol. The SMILES string of the molecule is CCCC(C)NC(=O)C1N(CCCCCCO)C(=O)[C@@H]2[C@@H](C(=O)NCc3ccccc3)[C@@]3(C)CCC12O3. The second-order valence-corrected chi connectivity index (χ2v) is 11.3. The topological polar surface area (TPSA) is 108 Å². The quantitative estimate of drug-likeness (QED) is 0.352. The van der Waals surface area contributed by atoms with E-state index in [9.17, 15) is 14.4 Å². The summed E-state index contributed by atoms with van der Waals surface area (Å²) in [7, 11) is 0. The van der Waals surface area contributed by atoms with Crippen molar-refractivity contribution < 1.29 is 24.2 Å². The highest BCUT2D eigenvalue weighted by Crippen LogP contribution is 2.63. The first-order chi connectivity index (χ1) is 17.8. The monoisotopic (exact) mass is 513 g/mol. The Morgan fingerprint density at radius 3 is 2.57 bits per heavy atom. The number of ether oxygens (including phenoxy) is 1. The molecule has 3 heterocycles. The minimum atomic E-state index is -0.984. The molecule has 3 amide bonds. The van der Waals surface area contributed by atoms with Gasteiger partial charge in [-0.2, -0.15) is 0 Å². The second kappa shape index (κ2) is 11.5. The number of unbranched alkanes of at least 4 members (excludes halogenated alkanes) is 3. The van der Waals surface area contributed by atoms with Gasteiger partial charge < -0.3 is 25.4 Å². The van der Waals surface area contributed by atoms with E-state index in [0.29, 0.717) is 25.9 Å². The molecule has 0 saturated carbocycles. The molecule has 8 heteroatoms. The highest BCUT2D eigenvalue weighted by Gasteiger charge is 2.77. The number of aliphatic hydroxyl groups is 1. The van der Waals surface area contributed by atoms with Crippen molar-refractivity contribution >= 4 is 17.7 Å². The smallest absolute Gasteiger partial charge is 0.246 e. The fourth-order valence-corrected chi connectivity index (χ4v) is 6.84. The summed E-state index contributed by atoms with van der Waals surface area (Å²) in [5.74, 6) is -1.82. The molecule has 0 aliphatic carbocycles. The van der Waals surface area contributed by atoms with Gasteiger partial charge in [0, 0.05) is 25.7 Å². The molecule has 1 aromatic carbocycles. The van der Waals surface area contributed by atoms with E-state index >= 15 is 0 Å². The minimum absolute atomic E-state index is 0.00591. The largest absolute Gasteiger partial charge is 0.396 e. The lowest BCUT2D eigenvalue weighted by molar-refractivity contribution is -0.146. The highest BCUT2D eigenvalue weighted by molar-refractivity contribution is 5.99. The van der Waals surface area contributed by atoms with Crippen molar-refractivity contribution in [1.29, 1.82) is 0 Å². The third-order valence-electron chi connectivity index (χ3n) is 8.53. The minimum Gasteiger partial charge on any atom is -0.396 e. The van der Waals surface area contributed by atoms with Crippen LogP contribution in [0.2, 0.25) is 0 Å². The van der Waals surface area contributed by atoms with Crippen molar-refractivity contribution in [3.8, 4) is 0 Å². The third-order valence-corrected chi connectivity index (χ3v) is 8.53. The average molecular weight is 514 g/mol. The Kier molecular flexibility index (Phi) is 8.59. The molecular formula is C29H43N3O5. The lowest BCUT2D eigenvalue weighted by Crippen LogP contribution is -2.56. The van der Waals surface area contributed by atoms with Crippen molar-refractivity contribution in [2.24, 2.45) is 11.8 Å². The summed E-state index contributed by atoms with van der Waals surface area (Å²) in [6.45, 7) is 6.97. The van der Waals surface area contributed by atoms with Crippen LogP contribution in [0.4, 0.5) is 0 Å². The van der Waals surface area contributed by atoms with E-state index in [1.807, 2.05) is 44.2 Å². The van der Waals surface area contributed by atoms with Gasteiger partial charge in [0.15, 0.2) is 0 Å². The van der Waals surface area contributed by atoms with Crippen molar-refractivity contribution in [2.45, 2.75) is 102 Å². The Morgan fingerprint density at radius 2 is 1.86 bits per heavy atom. The van der Waals surface area contributed by atoms with Crippen LogP contribution in [-0.4, -0.2) is 64.2 Å². The Balaban J connectivity index is 1.58. The molecule has 3 saturated heterocycles. The number of aliphatic hydroxyl groups excluding tert-OH is 1. The summed E-state index contributed by atoms with van der Waals surface area (Å²) in [4.78, 5) is 43.0. The Labute approximate surface area is 220 Å². The van der Waals surface area contributed by atoms with E-state index < -0.39 is 29.1 Å². The lowest BCUT2D eigenvalue weighted by atomic mass is 9.66. The number of nitrogens with zero attached hydrogens (tertiary/aromatic N) is 1. The first-order valence-electron chi connectivity index (χ1n) is 14.0. The van der Waals surface area contributed by atoms with Gasteiger partial charge in [0.2, 0.25) is 17.7 Å². The van der Waals surface area contributed by atoms with Crippen LogP contribution in [0.25, 0.3) is 0 Å². The number of benzene rings is 1. The molecule has 3 aliphatic heterocycles. The van der Waals surface area contributed by atoms with E-state index in [1.165, 1.54) is 0 Å². The van der Waals surface area contributed by atoms with E-state index in [4.69, 9.17) is 9.84 Å². The maximum Gasteiger partial charge on any atom is 0.246 e. The number of likely N-dealkylation sites (tertiary alicyclic amines) is 1. The molecule has 3 unspecified atom stereocenters. The zero-order valence-electron chi connectivity index (χ0n) is 22.5. The van der Waals surface area contributed by atoms with E-state index in [1.54, 1.807) is 4.90 Å². The molecule has 3 fully saturated rings. The van der Waals surface area contributed by atoms with Crippen LogP contribution >= 0.6 is 0 Å². The van der Waals surface area contributed by atoms with Crippen molar-refractivity contribution in [3.05, 3.63) is 35.9 Å². The molecule has 4 rings (SSSR count). The van der Waals surface area contributed by atoms with E-state index in [0.717, 1.165) is 44.1 Å². The van der Waals surface area contributed by atoms with Gasteiger partial charge in [-0.05, 0) is 51.5 Å². The first kappa shape index (κ1) is 27.6. The number of carbonyl (C=O) groups is 3. The van der Waals surface area contributed by atoms with Crippen LogP contribution in [0, 0.1) is 11.8 Å². The van der Waals surface area contributed by atoms with Crippen LogP contribution < -0.4 is 10.6 Å². The van der Waals surface area contributed by atoms with Gasteiger partial charge in [0.05, 0.1) is 17.4 Å². The molecule has 2 bridgehead atoms. The summed E-state index contributed by atoms with van der Waals surface area (Å²) in [6.07, 6.45) is 6.23. The molecule has 0 aromatic heterocycles. The summed E-state index contributed by atoms with van der Waals surface area (Å²) in [5, 5.41) is 15.3. The van der Waals surface area contributed by atoms with Crippen LogP contribution in [0.15, 0.2) is 30.3 Å². The molecule has 204 valence electrons. The zero-order chi connectivity index (χ0) is 26.6. The molecule has 1 aromatic rings. The summed E-state index contributed by atoms with van der Waals surface area (Å²) in [5.41, 5.74) is -0.770. The Morgan fingerprint density at radius 1 is 1.14 bits per heavy atom. The molecule has 3 aliphatic rings. The number of hydrogen-bond donors (Lipinski definition) is 3. The van der Waals surface area contributed by atoms with Gasteiger partial charge in [0.1, 0.15) is 11.6 Å². The predicted octanol–water partition coefficient (Wildman–Crippen LogP) is 2.93. The fraction of sp³-hybridized carbons (Fsp3) is 0.690. The van der Waals surface area contributed by atoms with E-state index in [-0.39, 0.29) is 30.4 Å². The van der Waals surface area contributed by atoms with Gasteiger partial charge >= 0.3 is 0 Å². The van der Waals surface area contributed by atoms with Gasteiger partial charge in [-0.3, -0.25) is 14.4 Å². The number of carbonyl (C=O) groups excluding carboxylic acids is 3. The number of nitrogens with one attached hydrogen (secondary N) is 2. The molecule has 37 heavy (non-hydrogen) atoms. The van der Waals surface area contributed by atoms with Crippen LogP contribution in [0.3, 0.4) is 0 Å². The number of fused-ring (bicyclic) bond motifs is 1. The third kappa shape index (κ3) is 5.28. The first-order valence-corrected chi connectivity index (χ1v) is 14.0. The van der Waals surface area contributed by atoms with Crippen molar-refractivity contribution in [2.75, 3.05) is 13.2 Å². The molecule has 0 radical (unpaired) electrons. The summed E-state index contributed by atoms with van der Waals surface area (Å²) >= 11 is 0.